The molecule has 0 unspecified atom stereocenters. The second-order valence-electron chi connectivity index (χ2n) is 3.54. The molecule has 0 saturated heterocycles. The summed E-state index contributed by atoms with van der Waals surface area (Å²) in [5.41, 5.74) is 15.8. The number of aromatic hydroxyl groups is 1. The van der Waals surface area contributed by atoms with Crippen LogP contribution in [-0.2, 0) is 4.74 Å². The summed E-state index contributed by atoms with van der Waals surface area (Å²) in [4.78, 5) is 18.8. The summed E-state index contributed by atoms with van der Waals surface area (Å²) in [6.45, 7) is 0. The number of carbonyl (C=O) groups excluding carboxylic acids is 1. The van der Waals surface area contributed by atoms with Crippen molar-refractivity contribution in [2.24, 2.45) is 27.2 Å². The fraction of sp³-hybridized carbons (Fsp3) is 0.182. The lowest BCUT2D eigenvalue weighted by molar-refractivity contribution is 0.0600. The third-order valence-corrected chi connectivity index (χ3v) is 2.17. The third kappa shape index (κ3) is 3.51. The molecule has 0 saturated carbocycles. The summed E-state index contributed by atoms with van der Waals surface area (Å²) in [6.07, 6.45) is 0. The monoisotopic (exact) mass is 281 g/mol. The molecule has 0 fully saturated rings. The van der Waals surface area contributed by atoms with Gasteiger partial charge in [0.2, 0.25) is 5.96 Å². The molecule has 0 spiro atoms. The van der Waals surface area contributed by atoms with E-state index in [0.717, 1.165) is 0 Å². The van der Waals surface area contributed by atoms with Crippen LogP contribution in [0.15, 0.2) is 22.1 Å². The normalized spacial score (nSPS) is 10.8. The molecule has 0 bridgehead atoms. The molecule has 1 rings (SSSR count). The first kappa shape index (κ1) is 15.1. The molecular weight excluding hydrogens is 266 g/mol. The van der Waals surface area contributed by atoms with Crippen molar-refractivity contribution in [2.75, 3.05) is 14.2 Å². The van der Waals surface area contributed by atoms with Gasteiger partial charge in [0.1, 0.15) is 5.69 Å². The molecule has 20 heavy (non-hydrogen) atoms. The topological polar surface area (TPSA) is 159 Å². The maximum Gasteiger partial charge on any atom is 0.338 e. The number of rotatable bonds is 3. The fourth-order valence-corrected chi connectivity index (χ4v) is 1.35. The molecule has 0 aliphatic heterocycles. The first-order chi connectivity index (χ1) is 9.38. The van der Waals surface area contributed by atoms with Crippen LogP contribution in [0.5, 0.6) is 11.5 Å². The minimum atomic E-state index is -0.625. The van der Waals surface area contributed by atoms with Crippen LogP contribution < -0.4 is 21.9 Å². The molecule has 1 aromatic rings. The van der Waals surface area contributed by atoms with Gasteiger partial charge >= 0.3 is 5.97 Å². The maximum atomic E-state index is 11.5. The minimum Gasteiger partial charge on any atom is -0.503 e. The molecule has 108 valence electrons. The molecule has 0 aliphatic rings. The largest absolute Gasteiger partial charge is 0.503 e. The first-order valence-electron chi connectivity index (χ1n) is 5.32. The Morgan fingerprint density at radius 1 is 1.25 bits per heavy atom. The van der Waals surface area contributed by atoms with Crippen molar-refractivity contribution in [1.29, 1.82) is 0 Å². The Kier molecular flexibility index (Phi) is 4.73. The Labute approximate surface area is 114 Å². The van der Waals surface area contributed by atoms with E-state index in [4.69, 9.17) is 21.9 Å². The average molecular weight is 281 g/mol. The van der Waals surface area contributed by atoms with Gasteiger partial charge in [0, 0.05) is 0 Å². The Hall–Kier alpha value is -2.97. The predicted molar refractivity (Wildman–Crippen MR) is 73.1 cm³/mol. The van der Waals surface area contributed by atoms with Crippen LogP contribution in [-0.4, -0.2) is 37.2 Å². The number of hydrogen-bond donors (Lipinski definition) is 4. The van der Waals surface area contributed by atoms with Crippen molar-refractivity contribution in [3.63, 3.8) is 0 Å². The zero-order valence-electron chi connectivity index (χ0n) is 11.0. The minimum absolute atomic E-state index is 0.0316. The number of nitrogens with two attached hydrogens (primary N) is 3. The van der Waals surface area contributed by atoms with Gasteiger partial charge < -0.3 is 31.8 Å². The quantitative estimate of drug-likeness (QED) is 0.327. The van der Waals surface area contributed by atoms with E-state index in [1.165, 1.54) is 26.4 Å². The molecule has 0 aliphatic carbocycles. The van der Waals surface area contributed by atoms with Crippen LogP contribution in [0.3, 0.4) is 0 Å². The molecule has 0 radical (unpaired) electrons. The van der Waals surface area contributed by atoms with Crippen LogP contribution in [0.25, 0.3) is 0 Å². The van der Waals surface area contributed by atoms with Gasteiger partial charge in [0.25, 0.3) is 0 Å². The highest BCUT2D eigenvalue weighted by Crippen LogP contribution is 2.37. The van der Waals surface area contributed by atoms with Crippen molar-refractivity contribution >= 4 is 23.6 Å². The van der Waals surface area contributed by atoms with Gasteiger partial charge in [-0.25, -0.2) is 9.79 Å². The summed E-state index contributed by atoms with van der Waals surface area (Å²) in [6, 6.07) is 2.57. The van der Waals surface area contributed by atoms with Crippen LogP contribution in [0.1, 0.15) is 10.4 Å². The number of ether oxygens (including phenoxy) is 2. The lowest BCUT2D eigenvalue weighted by Crippen LogP contribution is -2.26. The van der Waals surface area contributed by atoms with Crippen molar-refractivity contribution < 1.29 is 19.4 Å². The summed E-state index contributed by atoms with van der Waals surface area (Å²) in [5.74, 6) is -1.48. The zero-order valence-corrected chi connectivity index (χ0v) is 11.0. The number of benzene rings is 1. The third-order valence-electron chi connectivity index (χ3n) is 2.17. The second-order valence-corrected chi connectivity index (χ2v) is 3.54. The van der Waals surface area contributed by atoms with E-state index >= 15 is 0 Å². The van der Waals surface area contributed by atoms with Gasteiger partial charge in [-0.15, -0.1) is 0 Å². The first-order valence-corrected chi connectivity index (χ1v) is 5.32. The van der Waals surface area contributed by atoms with Crippen molar-refractivity contribution in [3.8, 4) is 11.5 Å². The van der Waals surface area contributed by atoms with E-state index in [2.05, 4.69) is 14.7 Å². The summed E-state index contributed by atoms with van der Waals surface area (Å²) < 4.78 is 9.51. The Balaban J connectivity index is 3.38. The SMILES string of the molecule is COC(=O)c1cc(N=C(N)N=C(N)N)c(O)c(OC)c1. The van der Waals surface area contributed by atoms with E-state index in [1.54, 1.807) is 0 Å². The number of esters is 1. The van der Waals surface area contributed by atoms with Crippen molar-refractivity contribution in [2.45, 2.75) is 0 Å². The van der Waals surface area contributed by atoms with E-state index in [1.807, 2.05) is 0 Å². The van der Waals surface area contributed by atoms with E-state index < -0.39 is 5.97 Å². The molecule has 1 aromatic carbocycles. The second kappa shape index (κ2) is 6.27. The van der Waals surface area contributed by atoms with Gasteiger partial charge in [0.15, 0.2) is 17.5 Å². The summed E-state index contributed by atoms with van der Waals surface area (Å²) >= 11 is 0. The highest BCUT2D eigenvalue weighted by molar-refractivity contribution is 5.95. The number of hydrogen-bond acceptors (Lipinski definition) is 5. The number of guanidine groups is 2. The lowest BCUT2D eigenvalue weighted by Gasteiger charge is -2.08. The van der Waals surface area contributed by atoms with Gasteiger partial charge in [-0.1, -0.05) is 0 Å². The molecule has 0 amide bonds. The Morgan fingerprint density at radius 3 is 2.40 bits per heavy atom. The lowest BCUT2D eigenvalue weighted by atomic mass is 10.1. The molecule has 0 aromatic heterocycles. The standard InChI is InChI=1S/C11H15N5O4/c1-19-7-4-5(9(18)20-2)3-6(8(7)17)15-11(14)16-10(12)13/h3-4,17H,1-2H3,(H6,12,13,14,15,16). The van der Waals surface area contributed by atoms with Crippen molar-refractivity contribution in [1.82, 2.24) is 0 Å². The number of nitrogens with zero attached hydrogens (tertiary/aromatic N) is 2. The number of carbonyl (C=O) groups is 1. The summed E-state index contributed by atoms with van der Waals surface area (Å²) in [7, 11) is 2.54. The van der Waals surface area contributed by atoms with Crippen LogP contribution >= 0.6 is 0 Å². The van der Waals surface area contributed by atoms with E-state index in [9.17, 15) is 9.90 Å². The van der Waals surface area contributed by atoms with E-state index in [-0.39, 0.29) is 34.7 Å². The van der Waals surface area contributed by atoms with Crippen molar-refractivity contribution in [3.05, 3.63) is 17.7 Å². The van der Waals surface area contributed by atoms with Crippen LogP contribution in [0.2, 0.25) is 0 Å². The smallest absolute Gasteiger partial charge is 0.338 e. The van der Waals surface area contributed by atoms with Crippen LogP contribution in [0, 0.1) is 0 Å². The van der Waals surface area contributed by atoms with Gasteiger partial charge in [0.05, 0.1) is 19.8 Å². The number of aliphatic imine (C=N–C) groups is 2. The zero-order chi connectivity index (χ0) is 15.3. The van der Waals surface area contributed by atoms with E-state index in [0.29, 0.717) is 0 Å². The highest BCUT2D eigenvalue weighted by Gasteiger charge is 2.15. The maximum absolute atomic E-state index is 11.5. The highest BCUT2D eigenvalue weighted by atomic mass is 16.5. The number of methoxy groups -OCH3 is 2. The Morgan fingerprint density at radius 2 is 1.90 bits per heavy atom. The molecule has 9 heteroatoms. The van der Waals surface area contributed by atoms with Gasteiger partial charge in [-0.2, -0.15) is 4.99 Å². The van der Waals surface area contributed by atoms with Gasteiger partial charge in [-0.05, 0) is 12.1 Å². The average Bonchev–Trinajstić information content (AvgIpc) is 2.39. The predicted octanol–water partition coefficient (Wildman–Crippen LogP) is -0.593. The molecular formula is C11H15N5O4. The molecule has 0 atom stereocenters. The fourth-order valence-electron chi connectivity index (χ4n) is 1.35. The van der Waals surface area contributed by atoms with Crippen LogP contribution in [0.4, 0.5) is 5.69 Å². The molecule has 0 heterocycles. The molecule has 7 N–H and O–H groups in total. The summed E-state index contributed by atoms with van der Waals surface area (Å²) in [5, 5.41) is 9.90. The number of phenolic OH excluding ortho intramolecular Hbond substituents is 1. The Bertz CT molecular complexity index is 578. The number of phenols is 1. The van der Waals surface area contributed by atoms with Gasteiger partial charge in [-0.3, -0.25) is 0 Å². The molecule has 9 nitrogen and oxygen atoms in total.